The average molecular weight is 346 g/mol. The molecule has 0 saturated heterocycles. The quantitative estimate of drug-likeness (QED) is 0.367. The molecule has 144 valence electrons. The molecule has 1 heteroatoms. The van der Waals surface area contributed by atoms with Gasteiger partial charge in [0.1, 0.15) is 0 Å². The van der Waals surface area contributed by atoms with Gasteiger partial charge in [0.15, 0.2) is 0 Å². The van der Waals surface area contributed by atoms with Crippen molar-refractivity contribution in [3.63, 3.8) is 0 Å². The largest absolute Gasteiger partial charge is 0.198 e. The van der Waals surface area contributed by atoms with Crippen LogP contribution < -0.4 is 0 Å². The lowest BCUT2D eigenvalue weighted by Gasteiger charge is -2.42. The van der Waals surface area contributed by atoms with Crippen molar-refractivity contribution in [3.8, 4) is 6.07 Å². The van der Waals surface area contributed by atoms with Gasteiger partial charge in [-0.1, -0.05) is 90.9 Å². The molecule has 0 N–H and O–H groups in total. The Hall–Kier alpha value is -0.510. The number of rotatable bonds is 10. The smallest absolute Gasteiger partial charge is 0.0689 e. The zero-order valence-electron chi connectivity index (χ0n) is 17.2. The minimum absolute atomic E-state index is 0.0368. The van der Waals surface area contributed by atoms with E-state index in [1.165, 1.54) is 103 Å². The molecule has 0 aromatic heterocycles. The molecule has 25 heavy (non-hydrogen) atoms. The van der Waals surface area contributed by atoms with Crippen LogP contribution in [0.25, 0.3) is 0 Å². The summed E-state index contributed by atoms with van der Waals surface area (Å²) < 4.78 is 0. The van der Waals surface area contributed by atoms with Crippen LogP contribution in [0.4, 0.5) is 0 Å². The van der Waals surface area contributed by atoms with Crippen LogP contribution >= 0.6 is 0 Å². The Morgan fingerprint density at radius 2 is 1.56 bits per heavy atom. The second kappa shape index (κ2) is 11.3. The topological polar surface area (TPSA) is 23.8 Å². The van der Waals surface area contributed by atoms with Crippen LogP contribution in [-0.2, 0) is 0 Å². The normalized spacial score (nSPS) is 33.1. The summed E-state index contributed by atoms with van der Waals surface area (Å²) in [5.41, 5.74) is 0.0368. The van der Waals surface area contributed by atoms with Gasteiger partial charge in [0, 0.05) is 0 Å². The third kappa shape index (κ3) is 6.62. The zero-order valence-corrected chi connectivity index (χ0v) is 17.2. The average Bonchev–Trinajstić information content (AvgIpc) is 2.67. The summed E-state index contributed by atoms with van der Waals surface area (Å²) >= 11 is 0. The van der Waals surface area contributed by atoms with Crippen molar-refractivity contribution in [2.75, 3.05) is 0 Å². The molecule has 0 spiro atoms. The van der Waals surface area contributed by atoms with E-state index in [4.69, 9.17) is 0 Å². The molecule has 0 aromatic rings. The van der Waals surface area contributed by atoms with Crippen LogP contribution in [0.15, 0.2) is 0 Å². The first-order valence-electron chi connectivity index (χ1n) is 11.6. The first-order valence-corrected chi connectivity index (χ1v) is 11.6. The van der Waals surface area contributed by atoms with Crippen molar-refractivity contribution in [2.45, 2.75) is 123 Å². The number of nitriles is 1. The van der Waals surface area contributed by atoms with E-state index in [-0.39, 0.29) is 5.41 Å². The predicted molar refractivity (Wildman–Crippen MR) is 108 cm³/mol. The van der Waals surface area contributed by atoms with E-state index < -0.39 is 0 Å². The number of unbranched alkanes of at least 4 members (excludes halogenated alkanes) is 5. The van der Waals surface area contributed by atoms with Gasteiger partial charge in [-0.25, -0.2) is 0 Å². The maximum atomic E-state index is 9.84. The highest BCUT2D eigenvalue weighted by Gasteiger charge is 2.39. The van der Waals surface area contributed by atoms with Crippen LogP contribution in [0.5, 0.6) is 0 Å². The van der Waals surface area contributed by atoms with E-state index >= 15 is 0 Å². The van der Waals surface area contributed by atoms with E-state index in [0.717, 1.165) is 24.2 Å². The maximum absolute atomic E-state index is 9.84. The van der Waals surface area contributed by atoms with Crippen LogP contribution in [0, 0.1) is 34.5 Å². The highest BCUT2D eigenvalue weighted by Crippen LogP contribution is 2.48. The second-order valence-corrected chi connectivity index (χ2v) is 9.34. The van der Waals surface area contributed by atoms with Gasteiger partial charge >= 0.3 is 0 Å². The number of hydrogen-bond acceptors (Lipinski definition) is 1. The van der Waals surface area contributed by atoms with Gasteiger partial charge in [-0.05, 0) is 49.9 Å². The van der Waals surface area contributed by atoms with Gasteiger partial charge in [0.05, 0.1) is 11.5 Å². The molecule has 1 nitrogen and oxygen atoms in total. The Labute approximate surface area is 158 Å². The summed E-state index contributed by atoms with van der Waals surface area (Å²) in [5, 5.41) is 9.84. The van der Waals surface area contributed by atoms with Crippen LogP contribution in [0.1, 0.15) is 123 Å². The van der Waals surface area contributed by atoms with Crippen molar-refractivity contribution in [1.82, 2.24) is 0 Å². The van der Waals surface area contributed by atoms with E-state index in [1.54, 1.807) is 0 Å². The lowest BCUT2D eigenvalue weighted by molar-refractivity contribution is 0.102. The molecule has 0 heterocycles. The minimum Gasteiger partial charge on any atom is -0.198 e. The fraction of sp³-hybridized carbons (Fsp3) is 0.958. The SMILES string of the molecule is CCCCCCCC1CCC([C@@H]2CCC[C@@](C#N)(CCCC)C2)CC1. The fourth-order valence-corrected chi connectivity index (χ4v) is 5.70. The molecule has 2 fully saturated rings. The predicted octanol–water partition coefficient (Wildman–Crippen LogP) is 8.04. The Morgan fingerprint density at radius 1 is 0.840 bits per heavy atom. The lowest BCUT2D eigenvalue weighted by atomic mass is 9.62. The summed E-state index contributed by atoms with van der Waals surface area (Å²) in [6.07, 6.45) is 23.2. The molecule has 2 aliphatic rings. The lowest BCUT2D eigenvalue weighted by Crippen LogP contribution is -2.32. The number of nitrogens with zero attached hydrogens (tertiary/aromatic N) is 1. The molecule has 0 amide bonds. The first-order chi connectivity index (χ1) is 12.2. The van der Waals surface area contributed by atoms with Crippen molar-refractivity contribution < 1.29 is 0 Å². The third-order valence-corrected chi connectivity index (χ3v) is 7.40. The molecule has 2 rings (SSSR count). The van der Waals surface area contributed by atoms with Crippen molar-refractivity contribution in [1.29, 1.82) is 5.26 Å². The monoisotopic (exact) mass is 345 g/mol. The van der Waals surface area contributed by atoms with Crippen LogP contribution in [0.3, 0.4) is 0 Å². The molecule has 0 bridgehead atoms. The van der Waals surface area contributed by atoms with E-state index in [1.807, 2.05) is 0 Å². The van der Waals surface area contributed by atoms with Gasteiger partial charge in [0.25, 0.3) is 0 Å². The highest BCUT2D eigenvalue weighted by molar-refractivity contribution is 5.03. The van der Waals surface area contributed by atoms with Gasteiger partial charge in [-0.15, -0.1) is 0 Å². The van der Waals surface area contributed by atoms with Crippen molar-refractivity contribution in [3.05, 3.63) is 0 Å². The second-order valence-electron chi connectivity index (χ2n) is 9.34. The summed E-state index contributed by atoms with van der Waals surface area (Å²) in [6.45, 7) is 4.56. The Kier molecular flexibility index (Phi) is 9.36. The fourth-order valence-electron chi connectivity index (χ4n) is 5.70. The highest BCUT2D eigenvalue weighted by atomic mass is 14.5. The molecular formula is C24H43N. The molecule has 0 aliphatic heterocycles. The van der Waals surface area contributed by atoms with E-state index in [9.17, 15) is 5.26 Å². The Balaban J connectivity index is 1.71. The molecule has 0 unspecified atom stereocenters. The van der Waals surface area contributed by atoms with Gasteiger partial charge in [-0.3, -0.25) is 0 Å². The van der Waals surface area contributed by atoms with Gasteiger partial charge in [-0.2, -0.15) is 5.26 Å². The molecular weight excluding hydrogens is 302 g/mol. The summed E-state index contributed by atoms with van der Waals surface area (Å²) in [6, 6.07) is 2.77. The summed E-state index contributed by atoms with van der Waals surface area (Å²) in [4.78, 5) is 0. The third-order valence-electron chi connectivity index (χ3n) is 7.40. The van der Waals surface area contributed by atoms with E-state index in [0.29, 0.717) is 0 Å². The molecule has 2 saturated carbocycles. The summed E-state index contributed by atoms with van der Waals surface area (Å²) in [7, 11) is 0. The molecule has 0 radical (unpaired) electrons. The molecule has 2 atom stereocenters. The van der Waals surface area contributed by atoms with Gasteiger partial charge in [0.2, 0.25) is 0 Å². The van der Waals surface area contributed by atoms with Gasteiger partial charge < -0.3 is 0 Å². The standard InChI is InChI=1S/C24H43N/c1-3-5-7-8-9-11-21-13-15-22(16-14-21)23-12-10-18-24(19-23,20-25)17-6-4-2/h21-23H,3-19H2,1-2H3/t21?,22?,23-,24+/m1/s1. The van der Waals surface area contributed by atoms with Crippen LogP contribution in [0.2, 0.25) is 0 Å². The van der Waals surface area contributed by atoms with Crippen LogP contribution in [-0.4, -0.2) is 0 Å². The Morgan fingerprint density at radius 3 is 2.24 bits per heavy atom. The maximum Gasteiger partial charge on any atom is 0.0689 e. The van der Waals surface area contributed by atoms with Crippen molar-refractivity contribution in [2.24, 2.45) is 23.2 Å². The van der Waals surface area contributed by atoms with E-state index in [2.05, 4.69) is 19.9 Å². The number of hydrogen-bond donors (Lipinski definition) is 0. The van der Waals surface area contributed by atoms with Crippen molar-refractivity contribution >= 4 is 0 Å². The molecule has 2 aliphatic carbocycles. The summed E-state index contributed by atoms with van der Waals surface area (Å²) in [5.74, 6) is 2.81. The zero-order chi connectivity index (χ0) is 18.0. The Bertz CT molecular complexity index is 387. The first kappa shape index (κ1) is 20.8. The molecule has 0 aromatic carbocycles. The minimum atomic E-state index is 0.0368.